The Kier molecular flexibility index (Phi) is 3.14. The summed E-state index contributed by atoms with van der Waals surface area (Å²) in [6, 6.07) is 5.22. The van der Waals surface area contributed by atoms with Crippen LogP contribution in [0, 0.1) is 9.49 Å². The maximum absolute atomic E-state index is 11.0. The quantitative estimate of drug-likeness (QED) is 0.869. The van der Waals surface area contributed by atoms with Crippen molar-refractivity contribution in [1.29, 1.82) is 0 Å². The van der Waals surface area contributed by atoms with Gasteiger partial charge in [-0.05, 0) is 59.5 Å². The highest BCUT2D eigenvalue weighted by Crippen LogP contribution is 2.30. The summed E-state index contributed by atoms with van der Waals surface area (Å²) >= 11 is 2.09. The first-order chi connectivity index (χ1) is 7.16. The third-order valence-corrected chi connectivity index (χ3v) is 3.01. The Balaban J connectivity index is 2.15. The van der Waals surface area contributed by atoms with Crippen molar-refractivity contribution in [1.82, 2.24) is 0 Å². The summed E-state index contributed by atoms with van der Waals surface area (Å²) in [7, 11) is 0. The number of carboxylic acids is 1. The van der Waals surface area contributed by atoms with Crippen LogP contribution < -0.4 is 4.74 Å². The number of carbonyl (C=O) groups is 1. The van der Waals surface area contributed by atoms with Crippen LogP contribution >= 0.6 is 22.6 Å². The molecule has 0 bridgehead atoms. The van der Waals surface area contributed by atoms with Crippen molar-refractivity contribution in [3.05, 3.63) is 27.3 Å². The number of aromatic carboxylic acids is 1. The molecule has 1 N–H and O–H groups in total. The molecular formula is C11H11IO3. The molecule has 15 heavy (non-hydrogen) atoms. The molecule has 0 heterocycles. The molecule has 1 saturated carbocycles. The van der Waals surface area contributed by atoms with Crippen LogP contribution in [0.1, 0.15) is 23.2 Å². The highest BCUT2D eigenvalue weighted by Gasteiger charge is 2.23. The molecule has 0 amide bonds. The topological polar surface area (TPSA) is 46.5 Å². The van der Waals surface area contributed by atoms with Gasteiger partial charge in [0.15, 0.2) is 0 Å². The van der Waals surface area contributed by atoms with Gasteiger partial charge in [0.05, 0.1) is 6.61 Å². The van der Waals surface area contributed by atoms with Crippen LogP contribution in [-0.4, -0.2) is 17.7 Å². The number of hydrogen-bond acceptors (Lipinski definition) is 2. The summed E-state index contributed by atoms with van der Waals surface area (Å²) in [5.41, 5.74) is 0.252. The molecule has 1 aliphatic rings. The van der Waals surface area contributed by atoms with Gasteiger partial charge in [0, 0.05) is 3.57 Å². The molecule has 0 saturated heterocycles. The zero-order valence-electron chi connectivity index (χ0n) is 8.07. The summed E-state index contributed by atoms with van der Waals surface area (Å²) in [6.45, 7) is 0.640. The molecule has 0 atom stereocenters. The Hall–Kier alpha value is -0.780. The number of rotatable bonds is 4. The molecule has 1 fully saturated rings. The third kappa shape index (κ3) is 2.84. The van der Waals surface area contributed by atoms with Crippen LogP contribution in [-0.2, 0) is 0 Å². The van der Waals surface area contributed by atoms with Crippen LogP contribution in [0.4, 0.5) is 0 Å². The van der Waals surface area contributed by atoms with Gasteiger partial charge < -0.3 is 9.84 Å². The van der Waals surface area contributed by atoms with Crippen molar-refractivity contribution in [2.75, 3.05) is 6.61 Å². The van der Waals surface area contributed by atoms with E-state index in [1.165, 1.54) is 12.8 Å². The van der Waals surface area contributed by atoms with Gasteiger partial charge in [-0.15, -0.1) is 0 Å². The maximum atomic E-state index is 11.0. The molecule has 0 spiro atoms. The minimum atomic E-state index is -0.931. The molecular weight excluding hydrogens is 307 g/mol. The average molecular weight is 318 g/mol. The Morgan fingerprint density at radius 1 is 1.53 bits per heavy atom. The zero-order chi connectivity index (χ0) is 10.8. The van der Waals surface area contributed by atoms with Gasteiger partial charge in [0.1, 0.15) is 11.3 Å². The van der Waals surface area contributed by atoms with Crippen molar-refractivity contribution in [3.8, 4) is 5.75 Å². The number of benzene rings is 1. The van der Waals surface area contributed by atoms with Gasteiger partial charge in [-0.25, -0.2) is 4.79 Å². The fourth-order valence-corrected chi connectivity index (χ4v) is 1.78. The van der Waals surface area contributed by atoms with Crippen molar-refractivity contribution < 1.29 is 14.6 Å². The lowest BCUT2D eigenvalue weighted by molar-refractivity contribution is 0.0692. The van der Waals surface area contributed by atoms with Gasteiger partial charge >= 0.3 is 5.97 Å². The van der Waals surface area contributed by atoms with Crippen molar-refractivity contribution in [3.63, 3.8) is 0 Å². The van der Waals surface area contributed by atoms with Crippen LogP contribution in [0.25, 0.3) is 0 Å². The Morgan fingerprint density at radius 2 is 2.27 bits per heavy atom. The Morgan fingerprint density at radius 3 is 2.87 bits per heavy atom. The fraction of sp³-hybridized carbons (Fsp3) is 0.364. The smallest absolute Gasteiger partial charge is 0.339 e. The normalized spacial score (nSPS) is 15.0. The summed E-state index contributed by atoms with van der Waals surface area (Å²) in [5, 5.41) is 8.99. The highest BCUT2D eigenvalue weighted by molar-refractivity contribution is 14.1. The fourth-order valence-electron chi connectivity index (χ4n) is 1.29. The predicted octanol–water partition coefficient (Wildman–Crippen LogP) is 2.78. The first kappa shape index (κ1) is 10.7. The summed E-state index contributed by atoms with van der Waals surface area (Å²) in [5.74, 6) is 0.181. The van der Waals surface area contributed by atoms with E-state index in [0.717, 1.165) is 3.57 Å². The molecule has 1 aromatic carbocycles. The highest BCUT2D eigenvalue weighted by atomic mass is 127. The van der Waals surface area contributed by atoms with Crippen molar-refractivity contribution in [2.45, 2.75) is 12.8 Å². The molecule has 0 radical (unpaired) electrons. The second kappa shape index (κ2) is 4.38. The van der Waals surface area contributed by atoms with E-state index >= 15 is 0 Å². The molecule has 1 aromatic rings. The standard InChI is InChI=1S/C11H11IO3/c12-8-3-4-10(9(5-8)11(13)14)15-6-7-1-2-7/h3-5,7H,1-2,6H2,(H,13,14). The predicted molar refractivity (Wildman–Crippen MR) is 64.3 cm³/mol. The number of halogens is 1. The summed E-state index contributed by atoms with van der Waals surface area (Å²) in [4.78, 5) is 11.0. The lowest BCUT2D eigenvalue weighted by Crippen LogP contribution is -2.05. The number of carboxylic acid groups (broad SMARTS) is 1. The molecule has 4 heteroatoms. The van der Waals surface area contributed by atoms with Crippen LogP contribution in [0.5, 0.6) is 5.75 Å². The van der Waals surface area contributed by atoms with E-state index in [0.29, 0.717) is 18.3 Å². The second-order valence-corrected chi connectivity index (χ2v) is 4.95. The summed E-state index contributed by atoms with van der Waals surface area (Å²) in [6.07, 6.45) is 2.40. The SMILES string of the molecule is O=C(O)c1cc(I)ccc1OCC1CC1. The van der Waals surface area contributed by atoms with Gasteiger partial charge in [0.25, 0.3) is 0 Å². The number of ether oxygens (including phenoxy) is 1. The van der Waals surface area contributed by atoms with E-state index in [9.17, 15) is 4.79 Å². The third-order valence-electron chi connectivity index (χ3n) is 2.34. The van der Waals surface area contributed by atoms with Gasteiger partial charge in [0.2, 0.25) is 0 Å². The van der Waals surface area contributed by atoms with Crippen molar-refractivity contribution in [2.24, 2.45) is 5.92 Å². The first-order valence-corrected chi connectivity index (χ1v) is 5.90. The monoisotopic (exact) mass is 318 g/mol. The second-order valence-electron chi connectivity index (χ2n) is 3.70. The van der Waals surface area contributed by atoms with Crippen LogP contribution in [0.3, 0.4) is 0 Å². The molecule has 0 aromatic heterocycles. The van der Waals surface area contributed by atoms with E-state index in [4.69, 9.17) is 9.84 Å². The lowest BCUT2D eigenvalue weighted by Gasteiger charge is -2.08. The molecule has 0 unspecified atom stereocenters. The largest absolute Gasteiger partial charge is 0.492 e. The average Bonchev–Trinajstić information content (AvgIpc) is 2.99. The Labute approximate surface area is 102 Å². The first-order valence-electron chi connectivity index (χ1n) is 4.82. The molecule has 0 aliphatic heterocycles. The van der Waals surface area contributed by atoms with Gasteiger partial charge in [-0.2, -0.15) is 0 Å². The lowest BCUT2D eigenvalue weighted by atomic mass is 10.2. The molecule has 1 aliphatic carbocycles. The number of hydrogen-bond donors (Lipinski definition) is 1. The summed E-state index contributed by atoms with van der Waals surface area (Å²) < 4.78 is 6.40. The van der Waals surface area contributed by atoms with E-state index < -0.39 is 5.97 Å². The molecule has 3 nitrogen and oxygen atoms in total. The van der Waals surface area contributed by atoms with E-state index in [2.05, 4.69) is 22.6 Å². The zero-order valence-corrected chi connectivity index (χ0v) is 10.2. The van der Waals surface area contributed by atoms with Gasteiger partial charge in [-0.1, -0.05) is 0 Å². The Bertz CT molecular complexity index is 385. The van der Waals surface area contributed by atoms with Crippen LogP contribution in [0.2, 0.25) is 0 Å². The maximum Gasteiger partial charge on any atom is 0.339 e. The van der Waals surface area contributed by atoms with Crippen molar-refractivity contribution >= 4 is 28.6 Å². The van der Waals surface area contributed by atoms with E-state index in [-0.39, 0.29) is 5.56 Å². The van der Waals surface area contributed by atoms with Gasteiger partial charge in [-0.3, -0.25) is 0 Å². The minimum Gasteiger partial charge on any atom is -0.492 e. The van der Waals surface area contributed by atoms with Crippen LogP contribution in [0.15, 0.2) is 18.2 Å². The van der Waals surface area contributed by atoms with E-state index in [1.54, 1.807) is 12.1 Å². The van der Waals surface area contributed by atoms with E-state index in [1.807, 2.05) is 6.07 Å². The molecule has 80 valence electrons. The molecule has 2 rings (SSSR count). The minimum absolute atomic E-state index is 0.252.